The molecule has 1 amide bonds. The van der Waals surface area contributed by atoms with Crippen molar-refractivity contribution in [2.45, 2.75) is 50.1 Å². The molecule has 33 heavy (non-hydrogen) atoms. The number of imidazole rings is 1. The van der Waals surface area contributed by atoms with Crippen molar-refractivity contribution >= 4 is 22.9 Å². The molecule has 0 radical (unpaired) electrons. The molecule has 0 spiro atoms. The molecular weight excluding hydrogens is 430 g/mol. The number of anilines is 1. The summed E-state index contributed by atoms with van der Waals surface area (Å²) in [6, 6.07) is 8.75. The predicted molar refractivity (Wildman–Crippen MR) is 115 cm³/mol. The molecule has 5 rings (SSSR count). The van der Waals surface area contributed by atoms with Crippen molar-refractivity contribution < 1.29 is 29.2 Å². The molecule has 2 aliphatic heterocycles. The molecule has 0 bridgehead atoms. The van der Waals surface area contributed by atoms with E-state index >= 15 is 0 Å². The molecule has 2 aromatic heterocycles. The second-order valence-electron chi connectivity index (χ2n) is 8.00. The molecule has 2 aliphatic rings. The highest BCUT2D eigenvalue weighted by atomic mass is 16.7. The van der Waals surface area contributed by atoms with Crippen LogP contribution in [-0.4, -0.2) is 73.5 Å². The highest BCUT2D eigenvalue weighted by Crippen LogP contribution is 2.35. The van der Waals surface area contributed by atoms with Crippen molar-refractivity contribution in [1.82, 2.24) is 19.5 Å². The summed E-state index contributed by atoms with van der Waals surface area (Å²) in [7, 11) is 0. The second kappa shape index (κ2) is 9.49. The number of ether oxygens (including phenoxy) is 3. The Labute approximate surface area is 189 Å². The molecule has 1 aromatic carbocycles. The third-order valence-corrected chi connectivity index (χ3v) is 5.84. The summed E-state index contributed by atoms with van der Waals surface area (Å²) >= 11 is 0. The smallest absolute Gasteiger partial charge is 0.256 e. The van der Waals surface area contributed by atoms with Crippen LogP contribution in [0.4, 0.5) is 5.82 Å². The molecule has 5 atom stereocenters. The third kappa shape index (κ3) is 4.33. The lowest BCUT2D eigenvalue weighted by molar-refractivity contribution is -0.210. The van der Waals surface area contributed by atoms with Crippen molar-refractivity contribution in [3.05, 3.63) is 48.5 Å². The minimum atomic E-state index is -1.09. The van der Waals surface area contributed by atoms with Gasteiger partial charge >= 0.3 is 0 Å². The lowest BCUT2D eigenvalue weighted by Crippen LogP contribution is -2.40. The number of carbonyl (C=O) groups is 1. The number of amides is 1. The van der Waals surface area contributed by atoms with Crippen LogP contribution in [0.5, 0.6) is 0 Å². The van der Waals surface area contributed by atoms with Crippen LogP contribution in [0, 0.1) is 0 Å². The van der Waals surface area contributed by atoms with E-state index in [9.17, 15) is 15.0 Å². The average molecular weight is 455 g/mol. The summed E-state index contributed by atoms with van der Waals surface area (Å²) in [5, 5.41) is 23.6. The average Bonchev–Trinajstić information content (AvgIpc) is 3.42. The first-order valence-electron chi connectivity index (χ1n) is 10.9. The summed E-state index contributed by atoms with van der Waals surface area (Å²) < 4.78 is 19.0. The zero-order valence-electron chi connectivity index (χ0n) is 17.8. The van der Waals surface area contributed by atoms with Crippen LogP contribution >= 0.6 is 0 Å². The number of aromatic nitrogens is 4. The monoisotopic (exact) mass is 455 g/mol. The number of benzene rings is 1. The Hall–Kier alpha value is -2.96. The Bertz CT molecular complexity index is 1100. The van der Waals surface area contributed by atoms with Gasteiger partial charge in [0, 0.05) is 12.2 Å². The molecule has 11 nitrogen and oxygen atoms in total. The molecule has 0 unspecified atom stereocenters. The van der Waals surface area contributed by atoms with Gasteiger partial charge in [-0.05, 0) is 31.4 Å². The van der Waals surface area contributed by atoms with Crippen LogP contribution in [0.1, 0.15) is 35.8 Å². The summed E-state index contributed by atoms with van der Waals surface area (Å²) in [4.78, 5) is 25.3. The molecule has 3 aromatic rings. The van der Waals surface area contributed by atoms with E-state index in [0.29, 0.717) is 23.3 Å². The van der Waals surface area contributed by atoms with Crippen molar-refractivity contribution in [2.75, 3.05) is 18.5 Å². The van der Waals surface area contributed by atoms with Crippen LogP contribution in [0.3, 0.4) is 0 Å². The predicted octanol–water partition coefficient (Wildman–Crippen LogP) is 1.24. The minimum absolute atomic E-state index is 0.238. The standard InChI is InChI=1S/C22H25N5O6/c28-10-14-18(33-15-8-4-5-9-31-15)17(29)22(32-14)27-12-25-16-19(23-11-24-20(16)27)26-21(30)13-6-2-1-3-7-13/h1-3,6-7,11-12,14-15,17-18,22,28-29H,4-5,8-10H2,(H,23,24,26,30)/t14-,15-,17-,18-,22-/m1/s1. The SMILES string of the molecule is O=C(Nc1ncnc2c1ncn2[C@@H]1O[C@H](CO)[C@@H](O[C@@H]2CCCCO2)[C@H]1O)c1ccccc1. The summed E-state index contributed by atoms with van der Waals surface area (Å²) in [6.07, 6.45) is 1.47. The number of rotatable bonds is 6. The van der Waals surface area contributed by atoms with Crippen LogP contribution in [-0.2, 0) is 14.2 Å². The van der Waals surface area contributed by atoms with Gasteiger partial charge < -0.3 is 29.7 Å². The van der Waals surface area contributed by atoms with E-state index in [1.807, 2.05) is 6.07 Å². The molecule has 0 aliphatic carbocycles. The van der Waals surface area contributed by atoms with Gasteiger partial charge in [0.1, 0.15) is 24.6 Å². The van der Waals surface area contributed by atoms with E-state index in [0.717, 1.165) is 19.3 Å². The third-order valence-electron chi connectivity index (χ3n) is 5.84. The Morgan fingerprint density at radius 3 is 2.82 bits per heavy atom. The number of nitrogens with zero attached hydrogens (tertiary/aromatic N) is 4. The van der Waals surface area contributed by atoms with Crippen LogP contribution < -0.4 is 5.32 Å². The van der Waals surface area contributed by atoms with Gasteiger partial charge in [-0.3, -0.25) is 9.36 Å². The fourth-order valence-corrected chi connectivity index (χ4v) is 4.16. The number of aliphatic hydroxyl groups is 2. The Morgan fingerprint density at radius 1 is 1.21 bits per heavy atom. The van der Waals surface area contributed by atoms with Gasteiger partial charge in [-0.2, -0.15) is 0 Å². The first-order valence-corrected chi connectivity index (χ1v) is 10.9. The number of hydrogen-bond acceptors (Lipinski definition) is 9. The number of nitrogens with one attached hydrogen (secondary N) is 1. The number of aliphatic hydroxyl groups excluding tert-OH is 2. The largest absolute Gasteiger partial charge is 0.394 e. The molecule has 4 heterocycles. The summed E-state index contributed by atoms with van der Waals surface area (Å²) in [5.41, 5.74) is 1.19. The Balaban J connectivity index is 1.38. The molecule has 11 heteroatoms. The van der Waals surface area contributed by atoms with Gasteiger partial charge in [-0.25, -0.2) is 15.0 Å². The maximum absolute atomic E-state index is 12.6. The van der Waals surface area contributed by atoms with Gasteiger partial charge in [0.15, 0.2) is 29.5 Å². The molecule has 174 valence electrons. The van der Waals surface area contributed by atoms with Gasteiger partial charge in [-0.1, -0.05) is 18.2 Å². The van der Waals surface area contributed by atoms with E-state index in [4.69, 9.17) is 14.2 Å². The number of carbonyl (C=O) groups excluding carboxylic acids is 1. The van der Waals surface area contributed by atoms with Gasteiger partial charge in [0.05, 0.1) is 12.9 Å². The second-order valence-corrected chi connectivity index (χ2v) is 8.00. The maximum Gasteiger partial charge on any atom is 0.256 e. The number of hydrogen-bond donors (Lipinski definition) is 3. The quantitative estimate of drug-likeness (QED) is 0.501. The van der Waals surface area contributed by atoms with E-state index < -0.39 is 30.8 Å². The van der Waals surface area contributed by atoms with Crippen molar-refractivity contribution in [3.8, 4) is 0 Å². The summed E-state index contributed by atoms with van der Waals surface area (Å²) in [5.74, 6) is -0.0919. The number of fused-ring (bicyclic) bond motifs is 1. The highest BCUT2D eigenvalue weighted by molar-refractivity contribution is 6.06. The first-order chi connectivity index (χ1) is 16.2. The molecule has 3 N–H and O–H groups in total. The zero-order valence-corrected chi connectivity index (χ0v) is 17.8. The van der Waals surface area contributed by atoms with Crippen LogP contribution in [0.15, 0.2) is 43.0 Å². The van der Waals surface area contributed by atoms with Gasteiger partial charge in [-0.15, -0.1) is 0 Å². The minimum Gasteiger partial charge on any atom is -0.394 e. The van der Waals surface area contributed by atoms with Crippen LogP contribution in [0.25, 0.3) is 11.2 Å². The van der Waals surface area contributed by atoms with Crippen molar-refractivity contribution in [1.29, 1.82) is 0 Å². The van der Waals surface area contributed by atoms with E-state index in [1.165, 1.54) is 12.7 Å². The topological polar surface area (TPSA) is 141 Å². The fourth-order valence-electron chi connectivity index (χ4n) is 4.16. The Kier molecular flexibility index (Phi) is 6.29. The molecule has 2 fully saturated rings. The first kappa shape index (κ1) is 21.9. The maximum atomic E-state index is 12.6. The van der Waals surface area contributed by atoms with Crippen LogP contribution in [0.2, 0.25) is 0 Å². The Morgan fingerprint density at radius 2 is 2.06 bits per heavy atom. The lowest BCUT2D eigenvalue weighted by atomic mass is 10.1. The fraction of sp³-hybridized carbons (Fsp3) is 0.455. The molecular formula is C22H25N5O6. The zero-order chi connectivity index (χ0) is 22.8. The molecule has 2 saturated heterocycles. The normalized spacial score (nSPS) is 27.6. The van der Waals surface area contributed by atoms with E-state index in [1.54, 1.807) is 28.8 Å². The van der Waals surface area contributed by atoms with E-state index in [-0.39, 0.29) is 18.3 Å². The highest BCUT2D eigenvalue weighted by Gasteiger charge is 2.47. The van der Waals surface area contributed by atoms with Crippen molar-refractivity contribution in [2.24, 2.45) is 0 Å². The van der Waals surface area contributed by atoms with Crippen molar-refractivity contribution in [3.63, 3.8) is 0 Å². The molecule has 0 saturated carbocycles. The summed E-state index contributed by atoms with van der Waals surface area (Å²) in [6.45, 7) is 0.271. The lowest BCUT2D eigenvalue weighted by Gasteiger charge is -2.28. The van der Waals surface area contributed by atoms with E-state index in [2.05, 4.69) is 20.3 Å². The van der Waals surface area contributed by atoms with Gasteiger partial charge in [0.2, 0.25) is 0 Å². The van der Waals surface area contributed by atoms with Gasteiger partial charge in [0.25, 0.3) is 5.91 Å².